The van der Waals surface area contributed by atoms with Crippen LogP contribution in [0.5, 0.6) is 0 Å². The van der Waals surface area contributed by atoms with Crippen molar-refractivity contribution in [3.63, 3.8) is 0 Å². The van der Waals surface area contributed by atoms with Gasteiger partial charge < -0.3 is 15.0 Å². The summed E-state index contributed by atoms with van der Waals surface area (Å²) in [5.41, 5.74) is 0.890. The van der Waals surface area contributed by atoms with Gasteiger partial charge in [-0.1, -0.05) is 12.1 Å². The molecule has 0 spiro atoms. The normalized spacial score (nSPS) is 12.0. The summed E-state index contributed by atoms with van der Waals surface area (Å²) in [6.07, 6.45) is 0. The maximum Gasteiger partial charge on any atom is 0.169 e. The van der Waals surface area contributed by atoms with Gasteiger partial charge in [-0.2, -0.15) is 0 Å². The zero-order chi connectivity index (χ0) is 13.5. The molecule has 0 heterocycles. The molecule has 0 radical (unpaired) electrons. The SMILES string of the molecule is COCC(C)NC(=S)N(C)Cc1cccc(F)c1. The van der Waals surface area contributed by atoms with E-state index in [1.165, 1.54) is 12.1 Å². The summed E-state index contributed by atoms with van der Waals surface area (Å²) in [5.74, 6) is -0.229. The maximum absolute atomic E-state index is 13.0. The van der Waals surface area contributed by atoms with Crippen LogP contribution in [0.1, 0.15) is 12.5 Å². The van der Waals surface area contributed by atoms with E-state index < -0.39 is 0 Å². The Bertz CT molecular complexity index is 400. The number of hydrogen-bond donors (Lipinski definition) is 1. The minimum Gasteiger partial charge on any atom is -0.383 e. The van der Waals surface area contributed by atoms with Crippen LogP contribution in [0.3, 0.4) is 0 Å². The summed E-state index contributed by atoms with van der Waals surface area (Å²) in [6.45, 7) is 3.16. The second-order valence-corrected chi connectivity index (χ2v) is 4.68. The van der Waals surface area contributed by atoms with Gasteiger partial charge in [0.2, 0.25) is 0 Å². The fourth-order valence-electron chi connectivity index (χ4n) is 1.59. The number of nitrogens with zero attached hydrogens (tertiary/aromatic N) is 1. The fraction of sp³-hybridized carbons (Fsp3) is 0.462. The Morgan fingerprint density at radius 3 is 2.89 bits per heavy atom. The predicted molar refractivity (Wildman–Crippen MR) is 74.9 cm³/mol. The van der Waals surface area contributed by atoms with Crippen molar-refractivity contribution in [1.29, 1.82) is 0 Å². The molecule has 0 aliphatic carbocycles. The second kappa shape index (κ2) is 7.28. The van der Waals surface area contributed by atoms with Crippen LogP contribution >= 0.6 is 12.2 Å². The third-order valence-corrected chi connectivity index (χ3v) is 2.87. The number of thiocarbonyl (C=S) groups is 1. The van der Waals surface area contributed by atoms with E-state index in [9.17, 15) is 4.39 Å². The first-order valence-corrected chi connectivity index (χ1v) is 6.18. The van der Waals surface area contributed by atoms with Crippen molar-refractivity contribution >= 4 is 17.3 Å². The molecule has 1 N–H and O–H groups in total. The van der Waals surface area contributed by atoms with Gasteiger partial charge in [0.25, 0.3) is 0 Å². The molecule has 1 aromatic rings. The number of rotatable bonds is 5. The quantitative estimate of drug-likeness (QED) is 0.829. The first-order valence-electron chi connectivity index (χ1n) is 5.78. The van der Waals surface area contributed by atoms with Crippen LogP contribution in [-0.4, -0.2) is 36.8 Å². The highest BCUT2D eigenvalue weighted by Gasteiger charge is 2.08. The average molecular weight is 270 g/mol. The van der Waals surface area contributed by atoms with Crippen LogP contribution in [0.2, 0.25) is 0 Å². The average Bonchev–Trinajstić information content (AvgIpc) is 2.29. The third-order valence-electron chi connectivity index (χ3n) is 2.44. The summed E-state index contributed by atoms with van der Waals surface area (Å²) < 4.78 is 18.1. The predicted octanol–water partition coefficient (Wildman–Crippen LogP) is 2.17. The molecular formula is C13H19FN2OS. The number of nitrogens with one attached hydrogen (secondary N) is 1. The van der Waals surface area contributed by atoms with Crippen LogP contribution in [-0.2, 0) is 11.3 Å². The van der Waals surface area contributed by atoms with Crippen molar-refractivity contribution in [2.24, 2.45) is 0 Å². The number of methoxy groups -OCH3 is 1. The van der Waals surface area contributed by atoms with Crippen LogP contribution < -0.4 is 5.32 Å². The van der Waals surface area contributed by atoms with Gasteiger partial charge in [-0.15, -0.1) is 0 Å². The molecule has 0 saturated heterocycles. The first-order chi connectivity index (χ1) is 8.52. The zero-order valence-electron chi connectivity index (χ0n) is 10.9. The molecule has 0 aliphatic rings. The molecule has 0 aromatic heterocycles. The lowest BCUT2D eigenvalue weighted by Gasteiger charge is -2.24. The van der Waals surface area contributed by atoms with Gasteiger partial charge in [0.15, 0.2) is 5.11 Å². The van der Waals surface area contributed by atoms with E-state index in [2.05, 4.69) is 5.32 Å². The number of halogens is 1. The Kier molecular flexibility index (Phi) is 6.01. The molecule has 0 saturated carbocycles. The molecule has 0 bridgehead atoms. The first kappa shape index (κ1) is 14.9. The van der Waals surface area contributed by atoms with Gasteiger partial charge in [0.1, 0.15) is 5.82 Å². The molecule has 0 fully saturated rings. The van der Waals surface area contributed by atoms with E-state index in [4.69, 9.17) is 17.0 Å². The van der Waals surface area contributed by atoms with Gasteiger partial charge in [0.05, 0.1) is 6.61 Å². The minimum absolute atomic E-state index is 0.150. The Balaban J connectivity index is 2.49. The van der Waals surface area contributed by atoms with Gasteiger partial charge >= 0.3 is 0 Å². The Hall–Kier alpha value is -1.20. The lowest BCUT2D eigenvalue weighted by Crippen LogP contribution is -2.43. The van der Waals surface area contributed by atoms with E-state index in [-0.39, 0.29) is 11.9 Å². The van der Waals surface area contributed by atoms with Crippen molar-refractivity contribution in [2.45, 2.75) is 19.5 Å². The smallest absolute Gasteiger partial charge is 0.169 e. The van der Waals surface area contributed by atoms with Crippen molar-refractivity contribution in [1.82, 2.24) is 10.2 Å². The van der Waals surface area contributed by atoms with Crippen molar-refractivity contribution in [2.75, 3.05) is 20.8 Å². The van der Waals surface area contributed by atoms with Crippen molar-refractivity contribution in [3.05, 3.63) is 35.6 Å². The summed E-state index contributed by atoms with van der Waals surface area (Å²) in [7, 11) is 3.53. The van der Waals surface area contributed by atoms with Crippen molar-refractivity contribution in [3.8, 4) is 0 Å². The van der Waals surface area contributed by atoms with Crippen LogP contribution in [0.25, 0.3) is 0 Å². The maximum atomic E-state index is 13.0. The Morgan fingerprint density at radius 2 is 2.28 bits per heavy atom. The Morgan fingerprint density at radius 1 is 1.56 bits per heavy atom. The molecule has 1 atom stereocenters. The highest BCUT2D eigenvalue weighted by molar-refractivity contribution is 7.80. The van der Waals surface area contributed by atoms with Crippen LogP contribution in [0, 0.1) is 5.82 Å². The highest BCUT2D eigenvalue weighted by atomic mass is 32.1. The van der Waals surface area contributed by atoms with Gasteiger partial charge in [-0.05, 0) is 36.8 Å². The molecule has 100 valence electrons. The van der Waals surface area contributed by atoms with Crippen LogP contribution in [0.15, 0.2) is 24.3 Å². The third kappa shape index (κ3) is 4.98. The van der Waals surface area contributed by atoms with E-state index >= 15 is 0 Å². The van der Waals surface area contributed by atoms with E-state index in [0.717, 1.165) is 5.56 Å². The van der Waals surface area contributed by atoms with E-state index in [1.807, 2.05) is 24.9 Å². The molecule has 1 unspecified atom stereocenters. The van der Waals surface area contributed by atoms with Gasteiger partial charge in [-0.3, -0.25) is 0 Å². The summed E-state index contributed by atoms with van der Waals surface area (Å²) in [5, 5.41) is 3.78. The minimum atomic E-state index is -0.229. The topological polar surface area (TPSA) is 24.5 Å². The van der Waals surface area contributed by atoms with E-state index in [1.54, 1.807) is 13.2 Å². The van der Waals surface area contributed by atoms with E-state index in [0.29, 0.717) is 18.3 Å². The zero-order valence-corrected chi connectivity index (χ0v) is 11.8. The monoisotopic (exact) mass is 270 g/mol. The van der Waals surface area contributed by atoms with Crippen molar-refractivity contribution < 1.29 is 9.13 Å². The summed E-state index contributed by atoms with van der Waals surface area (Å²) in [4.78, 5) is 1.87. The fourth-order valence-corrected chi connectivity index (χ4v) is 1.86. The Labute approximate surface area is 113 Å². The molecule has 1 rings (SSSR count). The van der Waals surface area contributed by atoms with Crippen LogP contribution in [0.4, 0.5) is 4.39 Å². The summed E-state index contributed by atoms with van der Waals surface area (Å²) >= 11 is 5.26. The largest absolute Gasteiger partial charge is 0.383 e. The molecule has 3 nitrogen and oxygen atoms in total. The molecule has 1 aromatic carbocycles. The molecule has 18 heavy (non-hydrogen) atoms. The molecular weight excluding hydrogens is 251 g/mol. The molecule has 0 amide bonds. The highest BCUT2D eigenvalue weighted by Crippen LogP contribution is 2.06. The van der Waals surface area contributed by atoms with Gasteiger partial charge in [0, 0.05) is 26.7 Å². The van der Waals surface area contributed by atoms with Gasteiger partial charge in [-0.25, -0.2) is 4.39 Å². The number of hydrogen-bond acceptors (Lipinski definition) is 2. The second-order valence-electron chi connectivity index (χ2n) is 4.29. The molecule has 5 heteroatoms. The standard InChI is InChI=1S/C13H19FN2OS/c1-10(9-17-3)15-13(18)16(2)8-11-5-4-6-12(14)7-11/h4-7,10H,8-9H2,1-3H3,(H,15,18). The number of ether oxygens (including phenoxy) is 1. The number of benzene rings is 1. The summed E-state index contributed by atoms with van der Waals surface area (Å²) in [6, 6.07) is 6.67. The lowest BCUT2D eigenvalue weighted by atomic mass is 10.2. The molecule has 0 aliphatic heterocycles. The lowest BCUT2D eigenvalue weighted by molar-refractivity contribution is 0.178.